The monoisotopic (exact) mass is 271 g/mol. The highest BCUT2D eigenvalue weighted by Gasteiger charge is 2.03. The first-order chi connectivity index (χ1) is 9.24. The van der Waals surface area contributed by atoms with Crippen LogP contribution in [0, 0.1) is 0 Å². The van der Waals surface area contributed by atoms with E-state index >= 15 is 0 Å². The van der Waals surface area contributed by atoms with Gasteiger partial charge in [0.2, 0.25) is 0 Å². The number of H-pyrrole nitrogens is 1. The molecule has 0 amide bonds. The summed E-state index contributed by atoms with van der Waals surface area (Å²) in [7, 11) is 0. The number of aromatic amines is 1. The largest absolute Gasteiger partial charge is 0.507 e. The summed E-state index contributed by atoms with van der Waals surface area (Å²) in [6.07, 6.45) is 1.55. The van der Waals surface area contributed by atoms with Gasteiger partial charge in [-0.05, 0) is 30.3 Å². The molecule has 5 heteroatoms. The van der Waals surface area contributed by atoms with Gasteiger partial charge in [-0.15, -0.1) is 0 Å². The Morgan fingerprint density at radius 2 is 2.05 bits per heavy atom. The van der Waals surface area contributed by atoms with E-state index in [4.69, 9.17) is 11.6 Å². The molecule has 2 aromatic carbocycles. The lowest BCUT2D eigenvalue weighted by atomic mass is 10.2. The van der Waals surface area contributed by atoms with Gasteiger partial charge in [-0.1, -0.05) is 23.7 Å². The van der Waals surface area contributed by atoms with Crippen LogP contribution >= 0.6 is 11.6 Å². The Hall–Kier alpha value is -2.33. The predicted octanol–water partition coefficient (Wildman–Crippen LogP) is 3.67. The highest BCUT2D eigenvalue weighted by atomic mass is 35.5. The van der Waals surface area contributed by atoms with Crippen molar-refractivity contribution in [3.05, 3.63) is 53.1 Å². The van der Waals surface area contributed by atoms with Gasteiger partial charge in [-0.3, -0.25) is 5.10 Å². The first-order valence-corrected chi connectivity index (χ1v) is 6.07. The van der Waals surface area contributed by atoms with Crippen LogP contribution in [-0.2, 0) is 0 Å². The zero-order chi connectivity index (χ0) is 13.2. The van der Waals surface area contributed by atoms with E-state index < -0.39 is 0 Å². The third-order valence-corrected chi connectivity index (χ3v) is 3.00. The molecule has 0 bridgehead atoms. The molecule has 2 N–H and O–H groups in total. The Balaban J connectivity index is 2.00. The Labute approximate surface area is 114 Å². The number of benzene rings is 2. The second kappa shape index (κ2) is 4.74. The first kappa shape index (κ1) is 11.7. The van der Waals surface area contributed by atoms with E-state index in [0.717, 1.165) is 10.9 Å². The van der Waals surface area contributed by atoms with E-state index in [1.54, 1.807) is 18.3 Å². The Morgan fingerprint density at radius 1 is 1.21 bits per heavy atom. The Morgan fingerprint density at radius 3 is 2.95 bits per heavy atom. The standard InChI is InChI=1S/C14H10ClN3O/c15-10-5-6-13(19)9(7-10)8-16-14-11-3-1-2-4-12(11)17-18-14/h1-8,19H,(H,17,18). The van der Waals surface area contributed by atoms with Crippen molar-refractivity contribution in [2.24, 2.45) is 4.99 Å². The molecule has 0 fully saturated rings. The zero-order valence-corrected chi connectivity index (χ0v) is 10.6. The molecule has 0 saturated carbocycles. The normalized spacial score (nSPS) is 11.4. The van der Waals surface area contributed by atoms with Crippen LogP contribution < -0.4 is 0 Å². The molecule has 0 aliphatic carbocycles. The average molecular weight is 272 g/mol. The number of nitrogens with one attached hydrogen (secondary N) is 1. The number of nitrogens with zero attached hydrogens (tertiary/aromatic N) is 2. The van der Waals surface area contributed by atoms with E-state index in [9.17, 15) is 5.11 Å². The number of para-hydroxylation sites is 1. The van der Waals surface area contributed by atoms with Crippen molar-refractivity contribution in [3.8, 4) is 5.75 Å². The summed E-state index contributed by atoms with van der Waals surface area (Å²) in [5.41, 5.74) is 1.48. The van der Waals surface area contributed by atoms with E-state index in [0.29, 0.717) is 16.4 Å². The number of aliphatic imine (C=N–C) groups is 1. The SMILES string of the molecule is Oc1ccc(Cl)cc1C=Nc1n[nH]c2ccccc12. The van der Waals surface area contributed by atoms with Crippen LogP contribution in [0.15, 0.2) is 47.5 Å². The van der Waals surface area contributed by atoms with Gasteiger partial charge in [0.25, 0.3) is 0 Å². The third kappa shape index (κ3) is 2.30. The molecule has 94 valence electrons. The van der Waals surface area contributed by atoms with Crippen LogP contribution in [0.5, 0.6) is 5.75 Å². The highest BCUT2D eigenvalue weighted by Crippen LogP contribution is 2.24. The van der Waals surface area contributed by atoms with E-state index in [2.05, 4.69) is 15.2 Å². The molecule has 0 aliphatic rings. The second-order valence-corrected chi connectivity index (χ2v) is 4.49. The lowest BCUT2D eigenvalue weighted by Gasteiger charge is -1.98. The maximum absolute atomic E-state index is 9.70. The van der Waals surface area contributed by atoms with Gasteiger partial charge >= 0.3 is 0 Å². The van der Waals surface area contributed by atoms with Gasteiger partial charge in [0, 0.05) is 22.2 Å². The second-order valence-electron chi connectivity index (χ2n) is 4.05. The summed E-state index contributed by atoms with van der Waals surface area (Å²) in [5.74, 6) is 0.711. The minimum atomic E-state index is 0.132. The number of hydrogen-bond donors (Lipinski definition) is 2. The topological polar surface area (TPSA) is 61.3 Å². The average Bonchev–Trinajstić information content (AvgIpc) is 2.83. The van der Waals surface area contributed by atoms with E-state index in [1.165, 1.54) is 6.07 Å². The predicted molar refractivity (Wildman–Crippen MR) is 76.5 cm³/mol. The molecule has 19 heavy (non-hydrogen) atoms. The van der Waals surface area contributed by atoms with Crippen molar-refractivity contribution < 1.29 is 5.11 Å². The summed E-state index contributed by atoms with van der Waals surface area (Å²) < 4.78 is 0. The molecule has 0 unspecified atom stereocenters. The molecule has 0 atom stereocenters. The molecule has 3 aromatic rings. The quantitative estimate of drug-likeness (QED) is 0.699. The molecular formula is C14H10ClN3O. The summed E-state index contributed by atoms with van der Waals surface area (Å²) in [5, 5.41) is 18.2. The highest BCUT2D eigenvalue weighted by molar-refractivity contribution is 6.30. The van der Waals surface area contributed by atoms with Crippen molar-refractivity contribution in [1.82, 2.24) is 10.2 Å². The van der Waals surface area contributed by atoms with Gasteiger partial charge in [-0.25, -0.2) is 4.99 Å². The fraction of sp³-hybridized carbons (Fsp3) is 0. The van der Waals surface area contributed by atoms with Crippen molar-refractivity contribution in [2.75, 3.05) is 0 Å². The van der Waals surface area contributed by atoms with Crippen molar-refractivity contribution >= 4 is 34.5 Å². The van der Waals surface area contributed by atoms with Crippen LogP contribution in [0.25, 0.3) is 10.9 Å². The summed E-state index contributed by atoms with van der Waals surface area (Å²) in [6.45, 7) is 0. The molecule has 0 radical (unpaired) electrons. The summed E-state index contributed by atoms with van der Waals surface area (Å²) in [4.78, 5) is 4.28. The molecular weight excluding hydrogens is 262 g/mol. The van der Waals surface area contributed by atoms with Crippen molar-refractivity contribution in [3.63, 3.8) is 0 Å². The van der Waals surface area contributed by atoms with Crippen LogP contribution in [0.4, 0.5) is 5.82 Å². The van der Waals surface area contributed by atoms with Crippen molar-refractivity contribution in [1.29, 1.82) is 0 Å². The number of phenols is 1. The lowest BCUT2D eigenvalue weighted by Crippen LogP contribution is -1.82. The number of fused-ring (bicyclic) bond motifs is 1. The minimum absolute atomic E-state index is 0.132. The molecule has 1 heterocycles. The molecule has 0 saturated heterocycles. The van der Waals surface area contributed by atoms with Gasteiger partial charge in [0.15, 0.2) is 5.82 Å². The van der Waals surface area contributed by atoms with Gasteiger partial charge in [-0.2, -0.15) is 5.10 Å². The number of aromatic nitrogens is 2. The van der Waals surface area contributed by atoms with E-state index in [1.807, 2.05) is 24.3 Å². The number of hydrogen-bond acceptors (Lipinski definition) is 3. The molecule has 3 rings (SSSR count). The van der Waals surface area contributed by atoms with E-state index in [-0.39, 0.29) is 5.75 Å². The zero-order valence-electron chi connectivity index (χ0n) is 9.84. The molecule has 0 spiro atoms. The molecule has 0 aliphatic heterocycles. The number of phenolic OH excluding ortho intramolecular Hbond substituents is 1. The van der Waals surface area contributed by atoms with Crippen molar-refractivity contribution in [2.45, 2.75) is 0 Å². The molecule has 4 nitrogen and oxygen atoms in total. The fourth-order valence-corrected chi connectivity index (χ4v) is 1.99. The van der Waals surface area contributed by atoms with Crippen LogP contribution in [-0.4, -0.2) is 21.5 Å². The summed E-state index contributed by atoms with van der Waals surface area (Å²) >= 11 is 5.88. The third-order valence-electron chi connectivity index (χ3n) is 2.77. The molecule has 1 aromatic heterocycles. The number of aromatic hydroxyl groups is 1. The van der Waals surface area contributed by atoms with Gasteiger partial charge in [0.05, 0.1) is 5.52 Å². The first-order valence-electron chi connectivity index (χ1n) is 5.70. The number of rotatable bonds is 2. The van der Waals surface area contributed by atoms with Gasteiger partial charge in [0.1, 0.15) is 5.75 Å². The lowest BCUT2D eigenvalue weighted by molar-refractivity contribution is 0.474. The minimum Gasteiger partial charge on any atom is -0.507 e. The Kier molecular flexibility index (Phi) is 2.93. The number of halogens is 1. The van der Waals surface area contributed by atoms with Gasteiger partial charge < -0.3 is 5.11 Å². The Bertz CT molecular complexity index is 764. The fourth-order valence-electron chi connectivity index (χ4n) is 1.81. The van der Waals surface area contributed by atoms with Crippen LogP contribution in [0.1, 0.15) is 5.56 Å². The van der Waals surface area contributed by atoms with Crippen LogP contribution in [0.3, 0.4) is 0 Å². The smallest absolute Gasteiger partial charge is 0.181 e. The van der Waals surface area contributed by atoms with Crippen LogP contribution in [0.2, 0.25) is 5.02 Å². The maximum atomic E-state index is 9.70. The summed E-state index contributed by atoms with van der Waals surface area (Å²) in [6, 6.07) is 12.5. The maximum Gasteiger partial charge on any atom is 0.181 e.